The van der Waals surface area contributed by atoms with E-state index in [-0.39, 0.29) is 0 Å². The molecule has 3 atom stereocenters. The number of nitrogens with two attached hydrogens (primary N) is 1. The summed E-state index contributed by atoms with van der Waals surface area (Å²) >= 11 is 1.93. The standard InChI is InChI=1S/C16H28N2S/c1-12(5-4-6-13(2)17)11-18-9-7-16-15(14(18)3)8-10-19-16/h8,10,12-14H,4-7,9,11,17H2,1-3H3. The lowest BCUT2D eigenvalue weighted by molar-refractivity contribution is 0.169. The molecule has 19 heavy (non-hydrogen) atoms. The molecule has 0 saturated carbocycles. The van der Waals surface area contributed by atoms with Gasteiger partial charge in [0.2, 0.25) is 0 Å². The van der Waals surface area contributed by atoms with Crippen molar-refractivity contribution in [1.29, 1.82) is 0 Å². The van der Waals surface area contributed by atoms with Gasteiger partial charge in [-0.3, -0.25) is 4.90 Å². The topological polar surface area (TPSA) is 29.3 Å². The van der Waals surface area contributed by atoms with Gasteiger partial charge in [-0.25, -0.2) is 0 Å². The second-order valence-corrected chi connectivity index (χ2v) is 7.23. The minimum Gasteiger partial charge on any atom is -0.328 e. The summed E-state index contributed by atoms with van der Waals surface area (Å²) in [7, 11) is 0. The lowest BCUT2D eigenvalue weighted by atomic mass is 9.97. The van der Waals surface area contributed by atoms with Gasteiger partial charge in [0.25, 0.3) is 0 Å². The zero-order valence-electron chi connectivity index (χ0n) is 12.6. The van der Waals surface area contributed by atoms with Crippen molar-refractivity contribution < 1.29 is 0 Å². The van der Waals surface area contributed by atoms with E-state index < -0.39 is 0 Å². The monoisotopic (exact) mass is 280 g/mol. The predicted molar refractivity (Wildman–Crippen MR) is 84.7 cm³/mol. The van der Waals surface area contributed by atoms with Gasteiger partial charge in [0.05, 0.1) is 0 Å². The van der Waals surface area contributed by atoms with E-state index in [9.17, 15) is 0 Å². The summed E-state index contributed by atoms with van der Waals surface area (Å²) in [6, 6.07) is 3.28. The van der Waals surface area contributed by atoms with Gasteiger partial charge in [-0.15, -0.1) is 11.3 Å². The lowest BCUT2D eigenvalue weighted by Crippen LogP contribution is -2.36. The normalized spacial score (nSPS) is 23.1. The molecule has 2 heterocycles. The first kappa shape index (κ1) is 15.0. The summed E-state index contributed by atoms with van der Waals surface area (Å²) < 4.78 is 0. The van der Waals surface area contributed by atoms with E-state index in [1.165, 1.54) is 32.4 Å². The smallest absolute Gasteiger partial charge is 0.0331 e. The molecule has 3 unspecified atom stereocenters. The summed E-state index contributed by atoms with van der Waals surface area (Å²) in [5.74, 6) is 0.779. The maximum absolute atomic E-state index is 5.82. The highest BCUT2D eigenvalue weighted by Gasteiger charge is 2.25. The molecule has 0 fully saturated rings. The molecule has 0 saturated heterocycles. The SMILES string of the molecule is CC(N)CCCC(C)CN1CCc2sccc2C1C. The molecule has 0 amide bonds. The minimum atomic E-state index is 0.356. The van der Waals surface area contributed by atoms with Crippen molar-refractivity contribution in [2.75, 3.05) is 13.1 Å². The summed E-state index contributed by atoms with van der Waals surface area (Å²) in [6.45, 7) is 9.31. The fourth-order valence-corrected chi connectivity index (χ4v) is 4.05. The molecule has 2 rings (SSSR count). The van der Waals surface area contributed by atoms with Crippen LogP contribution in [0.5, 0.6) is 0 Å². The average molecular weight is 280 g/mol. The first-order chi connectivity index (χ1) is 9.08. The van der Waals surface area contributed by atoms with Crippen LogP contribution in [-0.4, -0.2) is 24.0 Å². The van der Waals surface area contributed by atoms with E-state index in [2.05, 4.69) is 37.1 Å². The molecule has 1 aromatic rings. The van der Waals surface area contributed by atoms with Gasteiger partial charge in [0, 0.05) is 30.1 Å². The Morgan fingerprint density at radius 1 is 1.42 bits per heavy atom. The molecule has 0 spiro atoms. The largest absolute Gasteiger partial charge is 0.328 e. The Hall–Kier alpha value is -0.380. The Morgan fingerprint density at radius 3 is 2.95 bits per heavy atom. The van der Waals surface area contributed by atoms with Crippen LogP contribution >= 0.6 is 11.3 Å². The van der Waals surface area contributed by atoms with Crippen LogP contribution in [0.1, 0.15) is 56.5 Å². The zero-order valence-corrected chi connectivity index (χ0v) is 13.4. The molecule has 1 aromatic heterocycles. The minimum absolute atomic E-state index is 0.356. The van der Waals surface area contributed by atoms with Gasteiger partial charge in [0.1, 0.15) is 0 Å². The highest BCUT2D eigenvalue weighted by atomic mass is 32.1. The average Bonchev–Trinajstić information content (AvgIpc) is 2.81. The van der Waals surface area contributed by atoms with Gasteiger partial charge in [-0.2, -0.15) is 0 Å². The van der Waals surface area contributed by atoms with Crippen LogP contribution in [0.2, 0.25) is 0 Å². The number of hydrogen-bond donors (Lipinski definition) is 1. The summed E-state index contributed by atoms with van der Waals surface area (Å²) in [6.07, 6.45) is 4.98. The molecular weight excluding hydrogens is 252 g/mol. The van der Waals surface area contributed by atoms with Crippen molar-refractivity contribution in [3.05, 3.63) is 21.9 Å². The van der Waals surface area contributed by atoms with Crippen LogP contribution < -0.4 is 5.73 Å². The van der Waals surface area contributed by atoms with Gasteiger partial charge >= 0.3 is 0 Å². The first-order valence-electron chi connectivity index (χ1n) is 7.63. The summed E-state index contributed by atoms with van der Waals surface area (Å²) in [4.78, 5) is 4.26. The van der Waals surface area contributed by atoms with Crippen molar-refractivity contribution >= 4 is 11.3 Å². The molecule has 108 valence electrons. The maximum atomic E-state index is 5.82. The van der Waals surface area contributed by atoms with Gasteiger partial charge in [0.15, 0.2) is 0 Å². The Labute approximate surface area is 122 Å². The van der Waals surface area contributed by atoms with Crippen molar-refractivity contribution in [3.63, 3.8) is 0 Å². The second kappa shape index (κ2) is 6.87. The third-order valence-electron chi connectivity index (χ3n) is 4.31. The number of thiophene rings is 1. The van der Waals surface area contributed by atoms with E-state index >= 15 is 0 Å². The molecule has 0 aliphatic carbocycles. The predicted octanol–water partition coefficient (Wildman–Crippen LogP) is 3.82. The van der Waals surface area contributed by atoms with Crippen molar-refractivity contribution in [3.8, 4) is 0 Å². The Balaban J connectivity index is 1.80. The zero-order chi connectivity index (χ0) is 13.8. The lowest BCUT2D eigenvalue weighted by Gasteiger charge is -2.35. The molecule has 2 N–H and O–H groups in total. The van der Waals surface area contributed by atoms with Gasteiger partial charge in [-0.1, -0.05) is 13.3 Å². The molecule has 0 radical (unpaired) electrons. The van der Waals surface area contributed by atoms with E-state index in [1.54, 1.807) is 10.4 Å². The molecule has 3 heteroatoms. The van der Waals surface area contributed by atoms with Gasteiger partial charge in [-0.05, 0) is 56.0 Å². The van der Waals surface area contributed by atoms with E-state index in [0.717, 1.165) is 12.3 Å². The second-order valence-electron chi connectivity index (χ2n) is 6.23. The van der Waals surface area contributed by atoms with Crippen LogP contribution in [-0.2, 0) is 6.42 Å². The van der Waals surface area contributed by atoms with Gasteiger partial charge < -0.3 is 5.73 Å². The van der Waals surface area contributed by atoms with Crippen LogP contribution in [0, 0.1) is 5.92 Å². The Kier molecular flexibility index (Phi) is 5.43. The molecule has 0 bridgehead atoms. The van der Waals surface area contributed by atoms with Crippen molar-refractivity contribution in [2.45, 2.75) is 58.5 Å². The van der Waals surface area contributed by atoms with Crippen LogP contribution in [0.4, 0.5) is 0 Å². The molecule has 2 nitrogen and oxygen atoms in total. The molecule has 1 aliphatic heterocycles. The number of nitrogens with zero attached hydrogens (tertiary/aromatic N) is 1. The number of hydrogen-bond acceptors (Lipinski definition) is 3. The van der Waals surface area contributed by atoms with Crippen molar-refractivity contribution in [2.24, 2.45) is 11.7 Å². The highest BCUT2D eigenvalue weighted by Crippen LogP contribution is 2.33. The van der Waals surface area contributed by atoms with E-state index in [0.29, 0.717) is 12.1 Å². The van der Waals surface area contributed by atoms with Crippen LogP contribution in [0.15, 0.2) is 11.4 Å². The third-order valence-corrected chi connectivity index (χ3v) is 5.30. The van der Waals surface area contributed by atoms with Crippen LogP contribution in [0.3, 0.4) is 0 Å². The molecule has 1 aliphatic rings. The highest BCUT2D eigenvalue weighted by molar-refractivity contribution is 7.10. The summed E-state index contributed by atoms with van der Waals surface area (Å²) in [5, 5.41) is 2.25. The van der Waals surface area contributed by atoms with E-state index in [4.69, 9.17) is 5.73 Å². The number of rotatable bonds is 6. The summed E-state index contributed by atoms with van der Waals surface area (Å²) in [5.41, 5.74) is 7.39. The Bertz CT molecular complexity index is 386. The fourth-order valence-electron chi connectivity index (χ4n) is 3.09. The van der Waals surface area contributed by atoms with Crippen LogP contribution in [0.25, 0.3) is 0 Å². The Morgan fingerprint density at radius 2 is 2.21 bits per heavy atom. The number of fused-ring (bicyclic) bond motifs is 1. The third kappa shape index (κ3) is 4.04. The quantitative estimate of drug-likeness (QED) is 0.858. The molecule has 0 aromatic carbocycles. The van der Waals surface area contributed by atoms with E-state index in [1.807, 2.05) is 11.3 Å². The fraction of sp³-hybridized carbons (Fsp3) is 0.750. The molecular formula is C16H28N2S. The maximum Gasteiger partial charge on any atom is 0.0331 e. The van der Waals surface area contributed by atoms with Crippen molar-refractivity contribution in [1.82, 2.24) is 4.90 Å². The first-order valence-corrected chi connectivity index (χ1v) is 8.51.